The molecule has 1 saturated heterocycles. The van der Waals surface area contributed by atoms with E-state index in [1.54, 1.807) is 7.11 Å². The Hall–Kier alpha value is -1.82. The maximum atomic E-state index is 13.0. The average molecular weight is 405 g/mol. The zero-order valence-corrected chi connectivity index (χ0v) is 18.1. The van der Waals surface area contributed by atoms with Crippen molar-refractivity contribution in [2.45, 2.75) is 26.8 Å². The van der Waals surface area contributed by atoms with Crippen LogP contribution in [0.15, 0.2) is 30.3 Å². The average Bonchev–Trinajstić information content (AvgIpc) is 2.97. The highest BCUT2D eigenvalue weighted by Gasteiger charge is 2.26. The van der Waals surface area contributed by atoms with Crippen LogP contribution in [0.1, 0.15) is 34.7 Å². The van der Waals surface area contributed by atoms with Gasteiger partial charge in [-0.25, -0.2) is 0 Å². The van der Waals surface area contributed by atoms with Gasteiger partial charge in [-0.15, -0.1) is 0 Å². The number of aryl methyl sites for hydroxylation is 1. The summed E-state index contributed by atoms with van der Waals surface area (Å²) in [5.41, 5.74) is 4.09. The number of methoxy groups -OCH3 is 1. The van der Waals surface area contributed by atoms with Crippen LogP contribution in [0, 0.1) is 13.8 Å². The topological polar surface area (TPSA) is 38.9 Å². The monoisotopic (exact) mass is 404 g/mol. The number of hydrogen-bond acceptors (Lipinski definition) is 3. The van der Waals surface area contributed by atoms with E-state index in [9.17, 15) is 4.79 Å². The molecule has 1 aromatic carbocycles. The molecule has 1 atom stereocenters. The lowest BCUT2D eigenvalue weighted by Crippen LogP contribution is -3.15. The van der Waals surface area contributed by atoms with Crippen LogP contribution in [-0.2, 0) is 4.74 Å². The largest absolute Gasteiger partial charge is 0.383 e. The summed E-state index contributed by atoms with van der Waals surface area (Å²) in [5, 5.41) is 0.791. The molecule has 0 spiro atoms. The van der Waals surface area contributed by atoms with E-state index in [1.807, 2.05) is 31.2 Å². The number of halogens is 1. The van der Waals surface area contributed by atoms with Gasteiger partial charge in [0, 0.05) is 24.1 Å². The van der Waals surface area contributed by atoms with Gasteiger partial charge < -0.3 is 19.1 Å². The first-order valence-corrected chi connectivity index (χ1v) is 10.3. The maximum absolute atomic E-state index is 13.0. The number of ketones is 1. The molecular weight excluding hydrogens is 374 g/mol. The number of carbonyl (C=O) groups is 1. The predicted molar refractivity (Wildman–Crippen MR) is 114 cm³/mol. The Morgan fingerprint density at radius 2 is 1.93 bits per heavy atom. The van der Waals surface area contributed by atoms with Gasteiger partial charge in [-0.1, -0.05) is 23.7 Å². The maximum Gasteiger partial charge on any atom is 0.218 e. The van der Waals surface area contributed by atoms with E-state index in [0.29, 0.717) is 13.2 Å². The third kappa shape index (κ3) is 4.43. The molecule has 1 aromatic heterocycles. The lowest BCUT2D eigenvalue weighted by molar-refractivity contribution is -0.892. The molecule has 3 rings (SSSR count). The Bertz CT molecular complexity index is 825. The van der Waals surface area contributed by atoms with Crippen LogP contribution in [0.4, 0.5) is 5.69 Å². The lowest BCUT2D eigenvalue weighted by atomic mass is 10.1. The number of hydrogen-bond donors (Lipinski definition) is 1. The highest BCUT2D eigenvalue weighted by molar-refractivity contribution is 6.33. The van der Waals surface area contributed by atoms with Crippen molar-refractivity contribution in [3.05, 3.63) is 52.3 Å². The molecule has 1 fully saturated rings. The van der Waals surface area contributed by atoms with E-state index >= 15 is 0 Å². The van der Waals surface area contributed by atoms with E-state index in [-0.39, 0.29) is 11.8 Å². The van der Waals surface area contributed by atoms with Gasteiger partial charge in [0.25, 0.3) is 0 Å². The van der Waals surface area contributed by atoms with Gasteiger partial charge in [-0.2, -0.15) is 0 Å². The molecule has 0 saturated carbocycles. The van der Waals surface area contributed by atoms with E-state index in [0.717, 1.165) is 53.8 Å². The molecule has 2 aromatic rings. The van der Waals surface area contributed by atoms with Crippen LogP contribution in [-0.4, -0.2) is 56.8 Å². The van der Waals surface area contributed by atoms with Crippen LogP contribution in [0.25, 0.3) is 0 Å². The van der Waals surface area contributed by atoms with Gasteiger partial charge >= 0.3 is 0 Å². The van der Waals surface area contributed by atoms with Crippen molar-refractivity contribution in [1.29, 1.82) is 0 Å². The van der Waals surface area contributed by atoms with Crippen LogP contribution in [0.5, 0.6) is 0 Å². The molecular formula is C22H31ClN3O2+. The Balaban J connectivity index is 1.62. The SMILES string of the molecule is COC[C@@H](C)n1c(C)cc(C(=O)C[NH+]2CCN(c3ccccc3Cl)CC2)c1C. The van der Waals surface area contributed by atoms with Crippen molar-refractivity contribution in [2.75, 3.05) is 51.3 Å². The first-order valence-electron chi connectivity index (χ1n) is 9.96. The summed E-state index contributed by atoms with van der Waals surface area (Å²) in [6.07, 6.45) is 0. The standard InChI is InChI=1S/C22H30ClN3O2/c1-16-13-19(18(3)26(16)17(2)15-28-4)22(27)14-24-9-11-25(12-10-24)21-8-6-5-7-20(21)23/h5-8,13,17H,9-12,14-15H2,1-4H3/p+1/t17-/m1/s1. The zero-order valence-electron chi connectivity index (χ0n) is 17.3. The fourth-order valence-corrected chi connectivity index (χ4v) is 4.58. The second-order valence-corrected chi connectivity index (χ2v) is 8.15. The smallest absolute Gasteiger partial charge is 0.218 e. The van der Waals surface area contributed by atoms with Gasteiger partial charge in [-0.05, 0) is 39.0 Å². The number of aromatic nitrogens is 1. The number of quaternary nitrogens is 1. The Morgan fingerprint density at radius 1 is 1.25 bits per heavy atom. The van der Waals surface area contributed by atoms with Gasteiger partial charge in [0.05, 0.1) is 49.5 Å². The summed E-state index contributed by atoms with van der Waals surface area (Å²) in [7, 11) is 1.71. The van der Waals surface area contributed by atoms with E-state index in [4.69, 9.17) is 16.3 Å². The summed E-state index contributed by atoms with van der Waals surface area (Å²) in [5.74, 6) is 0.227. The number of Topliss-reactive ketones (excluding diaryl/α,β-unsaturated/α-hetero) is 1. The fourth-order valence-electron chi connectivity index (χ4n) is 4.32. The number of para-hydroxylation sites is 1. The second-order valence-electron chi connectivity index (χ2n) is 7.75. The quantitative estimate of drug-likeness (QED) is 0.721. The molecule has 0 aliphatic carbocycles. The molecule has 152 valence electrons. The molecule has 0 amide bonds. The Morgan fingerprint density at radius 3 is 2.57 bits per heavy atom. The van der Waals surface area contributed by atoms with Gasteiger partial charge in [0.15, 0.2) is 0 Å². The minimum atomic E-state index is 0.220. The zero-order chi connectivity index (χ0) is 20.3. The molecule has 0 radical (unpaired) electrons. The molecule has 0 unspecified atom stereocenters. The Kier molecular flexibility index (Phi) is 6.81. The van der Waals surface area contributed by atoms with Gasteiger partial charge in [0.1, 0.15) is 6.54 Å². The van der Waals surface area contributed by atoms with Crippen molar-refractivity contribution < 1.29 is 14.4 Å². The summed E-state index contributed by atoms with van der Waals surface area (Å²) in [6, 6.07) is 10.2. The van der Waals surface area contributed by atoms with Crippen molar-refractivity contribution in [3.63, 3.8) is 0 Å². The second kappa shape index (κ2) is 9.12. The number of anilines is 1. The van der Waals surface area contributed by atoms with E-state index < -0.39 is 0 Å². The molecule has 1 aliphatic heterocycles. The van der Waals surface area contributed by atoms with Crippen molar-refractivity contribution in [2.24, 2.45) is 0 Å². The fraction of sp³-hybridized carbons (Fsp3) is 0.500. The third-order valence-corrected chi connectivity index (χ3v) is 6.03. The third-order valence-electron chi connectivity index (χ3n) is 5.71. The van der Waals surface area contributed by atoms with Crippen LogP contribution >= 0.6 is 11.6 Å². The lowest BCUT2D eigenvalue weighted by Gasteiger charge is -2.33. The van der Waals surface area contributed by atoms with Crippen molar-refractivity contribution in [3.8, 4) is 0 Å². The van der Waals surface area contributed by atoms with Crippen molar-refractivity contribution in [1.82, 2.24) is 4.57 Å². The van der Waals surface area contributed by atoms with Crippen LogP contribution in [0.2, 0.25) is 5.02 Å². The normalized spacial score (nSPS) is 16.4. The minimum absolute atomic E-state index is 0.220. The molecule has 0 bridgehead atoms. The van der Waals surface area contributed by atoms with Crippen molar-refractivity contribution >= 4 is 23.1 Å². The highest BCUT2D eigenvalue weighted by Crippen LogP contribution is 2.25. The number of nitrogens with one attached hydrogen (secondary N) is 1. The molecule has 28 heavy (non-hydrogen) atoms. The summed E-state index contributed by atoms with van der Waals surface area (Å²) >= 11 is 6.33. The molecule has 2 heterocycles. The van der Waals surface area contributed by atoms with Crippen LogP contribution < -0.4 is 9.80 Å². The summed E-state index contributed by atoms with van der Waals surface area (Å²) in [6.45, 7) is 11.1. The minimum Gasteiger partial charge on any atom is -0.383 e. The molecule has 6 heteroatoms. The number of ether oxygens (including phenoxy) is 1. The highest BCUT2D eigenvalue weighted by atomic mass is 35.5. The Labute approximate surface area is 172 Å². The molecule has 5 nitrogen and oxygen atoms in total. The number of piperazine rings is 1. The predicted octanol–water partition coefficient (Wildman–Crippen LogP) is 2.55. The van der Waals surface area contributed by atoms with Gasteiger partial charge in [-0.3, -0.25) is 4.79 Å². The van der Waals surface area contributed by atoms with E-state index in [1.165, 1.54) is 4.90 Å². The first-order chi connectivity index (χ1) is 13.4. The first kappa shape index (κ1) is 20.9. The summed E-state index contributed by atoms with van der Waals surface area (Å²) < 4.78 is 7.50. The van der Waals surface area contributed by atoms with Gasteiger partial charge in [0.2, 0.25) is 5.78 Å². The number of rotatable bonds is 7. The van der Waals surface area contributed by atoms with E-state index in [2.05, 4.69) is 29.4 Å². The number of benzene rings is 1. The number of nitrogens with zero attached hydrogens (tertiary/aromatic N) is 2. The summed E-state index contributed by atoms with van der Waals surface area (Å²) in [4.78, 5) is 16.6. The molecule has 1 N–H and O–H groups in total. The van der Waals surface area contributed by atoms with Crippen LogP contribution in [0.3, 0.4) is 0 Å². The number of carbonyl (C=O) groups excluding carboxylic acids is 1. The molecule has 1 aliphatic rings.